The highest BCUT2D eigenvalue weighted by Crippen LogP contribution is 2.36. The lowest BCUT2D eigenvalue weighted by Crippen LogP contribution is -2.12. The zero-order valence-corrected chi connectivity index (χ0v) is 14.3. The Labute approximate surface area is 154 Å². The SMILES string of the molecule is O=C(Nc1nnc(-c2ccccc2Cl)o1)c1ccc(SC(F)(F)F)cc1. The van der Waals surface area contributed by atoms with E-state index in [2.05, 4.69) is 15.5 Å². The minimum Gasteiger partial charge on any atom is -0.403 e. The van der Waals surface area contributed by atoms with Crippen molar-refractivity contribution in [2.75, 3.05) is 5.32 Å². The second-order valence-electron chi connectivity index (χ2n) is 4.92. The van der Waals surface area contributed by atoms with E-state index < -0.39 is 11.4 Å². The molecule has 1 aromatic heterocycles. The third-order valence-corrected chi connectivity index (χ3v) is 4.17. The summed E-state index contributed by atoms with van der Waals surface area (Å²) in [6, 6.07) is 11.6. The molecule has 134 valence electrons. The minimum absolute atomic E-state index is 0.0205. The van der Waals surface area contributed by atoms with Gasteiger partial charge in [0.15, 0.2) is 0 Å². The number of hydrogen-bond acceptors (Lipinski definition) is 5. The zero-order chi connectivity index (χ0) is 18.7. The first-order valence-electron chi connectivity index (χ1n) is 7.07. The van der Waals surface area contributed by atoms with Crippen molar-refractivity contribution in [1.82, 2.24) is 10.2 Å². The lowest BCUT2D eigenvalue weighted by atomic mass is 10.2. The summed E-state index contributed by atoms with van der Waals surface area (Å²) in [7, 11) is 0. The summed E-state index contributed by atoms with van der Waals surface area (Å²) < 4.78 is 42.3. The number of nitrogens with one attached hydrogen (secondary N) is 1. The van der Waals surface area contributed by atoms with Crippen LogP contribution in [0.1, 0.15) is 10.4 Å². The fourth-order valence-corrected chi connectivity index (χ4v) is 2.75. The van der Waals surface area contributed by atoms with Crippen LogP contribution in [-0.4, -0.2) is 21.6 Å². The van der Waals surface area contributed by atoms with Gasteiger partial charge in [0.2, 0.25) is 0 Å². The van der Waals surface area contributed by atoms with Crippen molar-refractivity contribution in [3.63, 3.8) is 0 Å². The van der Waals surface area contributed by atoms with Gasteiger partial charge in [0, 0.05) is 10.5 Å². The van der Waals surface area contributed by atoms with Crippen LogP contribution in [0.2, 0.25) is 5.02 Å². The van der Waals surface area contributed by atoms with Crippen LogP contribution in [0.15, 0.2) is 57.8 Å². The molecule has 0 saturated heterocycles. The van der Waals surface area contributed by atoms with E-state index in [4.69, 9.17) is 16.0 Å². The van der Waals surface area contributed by atoms with Gasteiger partial charge in [0.05, 0.1) is 10.6 Å². The molecule has 26 heavy (non-hydrogen) atoms. The van der Waals surface area contributed by atoms with E-state index in [0.717, 1.165) is 0 Å². The summed E-state index contributed by atoms with van der Waals surface area (Å²) in [6.45, 7) is 0. The number of rotatable bonds is 4. The van der Waals surface area contributed by atoms with Crippen LogP contribution < -0.4 is 5.32 Å². The van der Waals surface area contributed by atoms with E-state index in [1.807, 2.05) is 0 Å². The van der Waals surface area contributed by atoms with Crippen LogP contribution in [0.5, 0.6) is 0 Å². The number of thioether (sulfide) groups is 1. The fraction of sp³-hybridized carbons (Fsp3) is 0.0625. The number of anilines is 1. The number of carbonyl (C=O) groups is 1. The molecule has 0 radical (unpaired) electrons. The fourth-order valence-electron chi connectivity index (χ4n) is 1.99. The third-order valence-electron chi connectivity index (χ3n) is 3.10. The van der Waals surface area contributed by atoms with Crippen LogP contribution in [0, 0.1) is 0 Å². The van der Waals surface area contributed by atoms with Crippen molar-refractivity contribution in [1.29, 1.82) is 0 Å². The molecule has 2 aromatic carbocycles. The van der Waals surface area contributed by atoms with Crippen molar-refractivity contribution in [3.05, 3.63) is 59.1 Å². The van der Waals surface area contributed by atoms with Crippen molar-refractivity contribution in [3.8, 4) is 11.5 Å². The molecule has 0 spiro atoms. The van der Waals surface area contributed by atoms with Crippen molar-refractivity contribution in [2.24, 2.45) is 0 Å². The third kappa shape index (κ3) is 4.55. The van der Waals surface area contributed by atoms with Gasteiger partial charge in [-0.1, -0.05) is 28.8 Å². The molecular weight excluding hydrogens is 391 g/mol. The topological polar surface area (TPSA) is 68.0 Å². The molecule has 3 aromatic rings. The molecule has 5 nitrogen and oxygen atoms in total. The molecule has 0 aliphatic heterocycles. The van der Waals surface area contributed by atoms with Crippen molar-refractivity contribution < 1.29 is 22.4 Å². The number of hydrogen-bond donors (Lipinski definition) is 1. The van der Waals surface area contributed by atoms with Crippen LogP contribution in [0.25, 0.3) is 11.5 Å². The average molecular weight is 400 g/mol. The van der Waals surface area contributed by atoms with Gasteiger partial charge in [-0.2, -0.15) is 13.2 Å². The van der Waals surface area contributed by atoms with Crippen molar-refractivity contribution in [2.45, 2.75) is 10.4 Å². The van der Waals surface area contributed by atoms with Gasteiger partial charge in [0.25, 0.3) is 11.8 Å². The Bertz CT molecular complexity index is 929. The summed E-state index contributed by atoms with van der Waals surface area (Å²) in [5.41, 5.74) is -3.73. The van der Waals surface area contributed by atoms with Crippen molar-refractivity contribution >= 4 is 35.3 Å². The molecule has 1 N–H and O–H groups in total. The Hall–Kier alpha value is -2.52. The second-order valence-corrected chi connectivity index (χ2v) is 6.46. The average Bonchev–Trinajstić information content (AvgIpc) is 3.02. The van der Waals surface area contributed by atoms with Gasteiger partial charge in [-0.3, -0.25) is 10.1 Å². The summed E-state index contributed by atoms with van der Waals surface area (Å²) in [4.78, 5) is 12.1. The van der Waals surface area contributed by atoms with Gasteiger partial charge in [-0.25, -0.2) is 0 Å². The Morgan fingerprint density at radius 3 is 2.42 bits per heavy atom. The molecule has 3 rings (SSSR count). The molecule has 0 atom stereocenters. The Morgan fingerprint density at radius 2 is 1.77 bits per heavy atom. The lowest BCUT2D eigenvalue weighted by Gasteiger charge is -2.06. The van der Waals surface area contributed by atoms with Gasteiger partial charge in [-0.05, 0) is 48.2 Å². The Balaban J connectivity index is 1.70. The zero-order valence-electron chi connectivity index (χ0n) is 12.7. The lowest BCUT2D eigenvalue weighted by molar-refractivity contribution is -0.0328. The normalized spacial score (nSPS) is 11.4. The molecule has 0 saturated carbocycles. The van der Waals surface area contributed by atoms with Gasteiger partial charge >= 0.3 is 11.5 Å². The van der Waals surface area contributed by atoms with Crippen LogP contribution >= 0.6 is 23.4 Å². The highest BCUT2D eigenvalue weighted by atomic mass is 35.5. The van der Waals surface area contributed by atoms with Crippen LogP contribution in [0.4, 0.5) is 19.2 Å². The molecule has 10 heteroatoms. The second kappa shape index (κ2) is 7.38. The Morgan fingerprint density at radius 1 is 1.08 bits per heavy atom. The van der Waals surface area contributed by atoms with Crippen LogP contribution in [-0.2, 0) is 0 Å². The predicted octanol–water partition coefficient (Wildman–Crippen LogP) is 5.25. The largest absolute Gasteiger partial charge is 0.446 e. The quantitative estimate of drug-likeness (QED) is 0.606. The molecule has 1 amide bonds. The molecule has 1 heterocycles. The number of carbonyl (C=O) groups excluding carboxylic acids is 1. The molecule has 0 aliphatic carbocycles. The van der Waals surface area contributed by atoms with E-state index in [9.17, 15) is 18.0 Å². The predicted molar refractivity (Wildman–Crippen MR) is 91.1 cm³/mol. The summed E-state index contributed by atoms with van der Waals surface area (Å²) in [6.07, 6.45) is 0. The Kier molecular flexibility index (Phi) is 5.19. The number of nitrogens with zero attached hydrogens (tertiary/aromatic N) is 2. The summed E-state index contributed by atoms with van der Waals surface area (Å²) in [5, 5.41) is 10.3. The van der Waals surface area contributed by atoms with Gasteiger partial charge < -0.3 is 4.42 Å². The van der Waals surface area contributed by atoms with E-state index in [0.29, 0.717) is 10.6 Å². The van der Waals surface area contributed by atoms with Gasteiger partial charge in [-0.15, -0.1) is 5.10 Å². The molecular formula is C16H9ClF3N3O2S. The summed E-state index contributed by atoms with van der Waals surface area (Å²) in [5.74, 6) is -0.467. The highest BCUT2D eigenvalue weighted by Gasteiger charge is 2.29. The number of halogens is 4. The maximum absolute atomic E-state index is 12.3. The first-order valence-corrected chi connectivity index (χ1v) is 8.27. The standard InChI is InChI=1S/C16H9ClF3N3O2S/c17-12-4-2-1-3-11(12)14-22-23-15(25-14)21-13(24)9-5-7-10(8-6-9)26-16(18,19)20/h1-8H,(H,21,23,24). The van der Waals surface area contributed by atoms with Gasteiger partial charge in [0.1, 0.15) is 0 Å². The maximum Gasteiger partial charge on any atom is 0.446 e. The monoisotopic (exact) mass is 399 g/mol. The van der Waals surface area contributed by atoms with E-state index in [1.54, 1.807) is 24.3 Å². The van der Waals surface area contributed by atoms with E-state index in [1.165, 1.54) is 24.3 Å². The van der Waals surface area contributed by atoms with Crippen LogP contribution in [0.3, 0.4) is 0 Å². The maximum atomic E-state index is 12.3. The molecule has 0 fully saturated rings. The van der Waals surface area contributed by atoms with E-state index >= 15 is 0 Å². The summed E-state index contributed by atoms with van der Waals surface area (Å²) >= 11 is 5.78. The molecule has 0 unspecified atom stereocenters. The number of alkyl halides is 3. The number of aromatic nitrogens is 2. The number of amides is 1. The molecule has 0 bridgehead atoms. The highest BCUT2D eigenvalue weighted by molar-refractivity contribution is 8.00. The van der Waals surface area contributed by atoms with E-state index in [-0.39, 0.29) is 34.1 Å². The smallest absolute Gasteiger partial charge is 0.403 e. The molecule has 0 aliphatic rings. The minimum atomic E-state index is -4.39. The number of benzene rings is 2. The first kappa shape index (κ1) is 18.3. The first-order chi connectivity index (χ1) is 12.3.